The van der Waals surface area contributed by atoms with Crippen LogP contribution in [0.5, 0.6) is 0 Å². The molecule has 1 aliphatic rings. The van der Waals surface area contributed by atoms with Crippen LogP contribution in [0.25, 0.3) is 0 Å². The predicted molar refractivity (Wildman–Crippen MR) is 131 cm³/mol. The van der Waals surface area contributed by atoms with E-state index in [2.05, 4.69) is 48.5 Å². The van der Waals surface area contributed by atoms with Crippen LogP contribution < -0.4 is 5.69 Å². The molecule has 0 saturated heterocycles. The Labute approximate surface area is 191 Å². The number of nitrogens with zero attached hydrogens (tertiary/aromatic N) is 2. The molecule has 4 aromatic rings. The van der Waals surface area contributed by atoms with Gasteiger partial charge in [0.2, 0.25) is 0 Å². The number of hydrogen-bond donors (Lipinski definition) is 0. The van der Waals surface area contributed by atoms with E-state index in [1.807, 2.05) is 75.1 Å². The molecule has 1 aromatic heterocycles. The van der Waals surface area contributed by atoms with Crippen LogP contribution in [0.2, 0.25) is 0 Å². The summed E-state index contributed by atoms with van der Waals surface area (Å²) in [7, 11) is 0. The molecular weight excluding hydrogens is 420 g/mol. The Hall–Kier alpha value is -2.63. The maximum Gasteiger partial charge on any atom is 0.329 e. The van der Waals surface area contributed by atoms with Gasteiger partial charge in [0.25, 0.3) is 0 Å². The lowest BCUT2D eigenvalue weighted by molar-refractivity contribution is 0.667. The van der Waals surface area contributed by atoms with Crippen LogP contribution in [0.3, 0.4) is 0 Å². The highest BCUT2D eigenvalue weighted by Crippen LogP contribution is 2.43. The third-order valence-electron chi connectivity index (χ3n) is 5.58. The standard InChI is InChI=1S/C26H24N2OS2/c29-26-27(16-20-10-4-1-5-11-20)23-18-30-19-24(31-22-14-8-3-9-15-22)25(23)28(26)17-21-12-6-2-7-13-21/h1-15,24H,16-19H2. The maximum atomic E-state index is 13.7. The van der Waals surface area contributed by atoms with E-state index in [9.17, 15) is 4.79 Å². The van der Waals surface area contributed by atoms with Gasteiger partial charge in [0.1, 0.15) is 0 Å². The number of imidazole rings is 1. The molecule has 0 aliphatic carbocycles. The Kier molecular flexibility index (Phi) is 6.05. The topological polar surface area (TPSA) is 26.9 Å². The van der Waals surface area contributed by atoms with Crippen LogP contribution in [0.4, 0.5) is 0 Å². The van der Waals surface area contributed by atoms with Crippen LogP contribution in [-0.4, -0.2) is 14.9 Å². The molecule has 0 radical (unpaired) electrons. The van der Waals surface area contributed by atoms with E-state index in [1.165, 1.54) is 16.3 Å². The highest BCUT2D eigenvalue weighted by molar-refractivity contribution is 8.03. The average molecular weight is 445 g/mol. The Bertz CT molecular complexity index is 1200. The molecule has 1 atom stereocenters. The molecule has 0 amide bonds. The number of hydrogen-bond acceptors (Lipinski definition) is 3. The van der Waals surface area contributed by atoms with Gasteiger partial charge in [-0.2, -0.15) is 11.8 Å². The molecule has 0 fully saturated rings. The van der Waals surface area contributed by atoms with Crippen LogP contribution in [-0.2, 0) is 18.8 Å². The highest BCUT2D eigenvalue weighted by atomic mass is 32.2. The summed E-state index contributed by atoms with van der Waals surface area (Å²) < 4.78 is 4.02. The number of thioether (sulfide) groups is 2. The van der Waals surface area contributed by atoms with Gasteiger partial charge in [-0.3, -0.25) is 9.13 Å². The molecule has 0 bridgehead atoms. The van der Waals surface area contributed by atoms with Gasteiger partial charge in [-0.25, -0.2) is 4.79 Å². The fraction of sp³-hybridized carbons (Fsp3) is 0.192. The second-order valence-corrected chi connectivity index (χ2v) is 10.00. The summed E-state index contributed by atoms with van der Waals surface area (Å²) in [6, 6.07) is 31.1. The van der Waals surface area contributed by atoms with Crippen molar-refractivity contribution in [3.63, 3.8) is 0 Å². The minimum absolute atomic E-state index is 0.0962. The van der Waals surface area contributed by atoms with Crippen molar-refractivity contribution in [1.82, 2.24) is 9.13 Å². The van der Waals surface area contributed by atoms with E-state index in [4.69, 9.17) is 0 Å². The van der Waals surface area contributed by atoms with E-state index in [0.717, 1.165) is 22.6 Å². The molecule has 0 saturated carbocycles. The van der Waals surface area contributed by atoms with Crippen LogP contribution in [0, 0.1) is 0 Å². The fourth-order valence-corrected chi connectivity index (χ4v) is 6.68. The summed E-state index contributed by atoms with van der Waals surface area (Å²) in [5.74, 6) is 1.89. The third-order valence-corrected chi connectivity index (χ3v) is 8.05. The maximum absolute atomic E-state index is 13.7. The van der Waals surface area contributed by atoms with Gasteiger partial charge in [-0.15, -0.1) is 11.8 Å². The van der Waals surface area contributed by atoms with Crippen molar-refractivity contribution in [2.24, 2.45) is 0 Å². The van der Waals surface area contributed by atoms with Gasteiger partial charge >= 0.3 is 5.69 Å². The number of aromatic nitrogens is 2. The van der Waals surface area contributed by atoms with Crippen molar-refractivity contribution < 1.29 is 0 Å². The summed E-state index contributed by atoms with van der Waals surface area (Å²) >= 11 is 3.79. The smallest absolute Gasteiger partial charge is 0.291 e. The third kappa shape index (κ3) is 4.39. The molecule has 5 heteroatoms. The first-order valence-corrected chi connectivity index (χ1v) is 12.5. The zero-order valence-electron chi connectivity index (χ0n) is 17.2. The van der Waals surface area contributed by atoms with Crippen molar-refractivity contribution in [1.29, 1.82) is 0 Å². The average Bonchev–Trinajstić information content (AvgIpc) is 3.08. The SMILES string of the molecule is O=c1n(Cc2ccccc2)c2c(n1Cc1ccccc1)C(Sc1ccccc1)CSC2. The van der Waals surface area contributed by atoms with Gasteiger partial charge in [0.05, 0.1) is 29.7 Å². The van der Waals surface area contributed by atoms with Gasteiger partial charge in [0.15, 0.2) is 0 Å². The highest BCUT2D eigenvalue weighted by Gasteiger charge is 2.30. The van der Waals surface area contributed by atoms with Gasteiger partial charge in [-0.05, 0) is 23.3 Å². The Morgan fingerprint density at radius 3 is 1.94 bits per heavy atom. The molecule has 156 valence electrons. The minimum atomic E-state index is 0.0962. The first-order valence-electron chi connectivity index (χ1n) is 10.5. The number of fused-ring (bicyclic) bond motifs is 1. The zero-order valence-corrected chi connectivity index (χ0v) is 18.8. The monoisotopic (exact) mass is 444 g/mol. The lowest BCUT2D eigenvalue weighted by Gasteiger charge is -2.24. The Morgan fingerprint density at radius 2 is 1.32 bits per heavy atom. The summed E-state index contributed by atoms with van der Waals surface area (Å²) in [4.78, 5) is 14.9. The Morgan fingerprint density at radius 1 is 0.774 bits per heavy atom. The summed E-state index contributed by atoms with van der Waals surface area (Å²) in [6.45, 7) is 1.23. The minimum Gasteiger partial charge on any atom is -0.291 e. The molecule has 2 heterocycles. The van der Waals surface area contributed by atoms with E-state index in [-0.39, 0.29) is 10.9 Å². The molecule has 0 N–H and O–H groups in total. The second-order valence-electron chi connectivity index (χ2n) is 7.69. The molecule has 1 unspecified atom stereocenters. The largest absolute Gasteiger partial charge is 0.329 e. The quantitative estimate of drug-likeness (QED) is 0.375. The summed E-state index contributed by atoms with van der Waals surface area (Å²) in [5.41, 5.74) is 4.78. The lowest BCUT2D eigenvalue weighted by Crippen LogP contribution is -2.26. The normalized spacial score (nSPS) is 15.5. The van der Waals surface area contributed by atoms with Gasteiger partial charge in [0, 0.05) is 16.4 Å². The van der Waals surface area contributed by atoms with Crippen LogP contribution in [0.15, 0.2) is 101 Å². The molecule has 1 aliphatic heterocycles. The van der Waals surface area contributed by atoms with E-state index < -0.39 is 0 Å². The molecule has 0 spiro atoms. The predicted octanol–water partition coefficient (Wildman–Crippen LogP) is 5.83. The Balaban J connectivity index is 1.59. The van der Waals surface area contributed by atoms with Crippen molar-refractivity contribution >= 4 is 23.5 Å². The number of rotatable bonds is 6. The van der Waals surface area contributed by atoms with E-state index in [1.54, 1.807) is 0 Å². The first kappa shape index (κ1) is 20.3. The van der Waals surface area contributed by atoms with E-state index >= 15 is 0 Å². The summed E-state index contributed by atoms with van der Waals surface area (Å²) in [5, 5.41) is 0.254. The van der Waals surface area contributed by atoms with Gasteiger partial charge < -0.3 is 0 Å². The molecule has 3 nitrogen and oxygen atoms in total. The van der Waals surface area contributed by atoms with Crippen molar-refractivity contribution in [2.45, 2.75) is 29.0 Å². The van der Waals surface area contributed by atoms with Gasteiger partial charge in [-0.1, -0.05) is 78.9 Å². The van der Waals surface area contributed by atoms with Crippen LogP contribution >= 0.6 is 23.5 Å². The van der Waals surface area contributed by atoms with Crippen molar-refractivity contribution in [2.75, 3.05) is 5.75 Å². The molecular formula is C26H24N2OS2. The summed E-state index contributed by atoms with van der Waals surface area (Å²) in [6.07, 6.45) is 0. The number of benzene rings is 3. The van der Waals surface area contributed by atoms with Crippen molar-refractivity contribution in [3.05, 3.63) is 124 Å². The second kappa shape index (κ2) is 9.25. The molecule has 31 heavy (non-hydrogen) atoms. The molecule has 5 rings (SSSR count). The molecule has 3 aromatic carbocycles. The fourth-order valence-electron chi connectivity index (χ4n) is 4.11. The zero-order chi connectivity index (χ0) is 21.0. The first-order chi connectivity index (χ1) is 15.3. The van der Waals surface area contributed by atoms with Crippen molar-refractivity contribution in [3.8, 4) is 0 Å². The van der Waals surface area contributed by atoms with Crippen LogP contribution in [0.1, 0.15) is 27.8 Å². The lowest BCUT2D eigenvalue weighted by atomic mass is 10.2. The van der Waals surface area contributed by atoms with E-state index in [0.29, 0.717) is 13.1 Å².